The molecule has 2 amide bonds. The predicted octanol–water partition coefficient (Wildman–Crippen LogP) is 0.989. The average molecular weight is 453 g/mol. The number of carbonyl (C=O) groups is 2. The van der Waals surface area contributed by atoms with Crippen molar-refractivity contribution in [2.75, 3.05) is 51.7 Å². The van der Waals surface area contributed by atoms with E-state index in [1.807, 2.05) is 14.1 Å². The van der Waals surface area contributed by atoms with Crippen molar-refractivity contribution in [3.8, 4) is 0 Å². The zero-order valence-electron chi connectivity index (χ0n) is 17.6. The molecule has 168 valence electrons. The van der Waals surface area contributed by atoms with Crippen molar-refractivity contribution in [2.24, 2.45) is 0 Å². The van der Waals surface area contributed by atoms with Crippen LogP contribution >= 0.6 is 11.6 Å². The van der Waals surface area contributed by atoms with Gasteiger partial charge in [-0.05, 0) is 17.7 Å². The molecule has 2 aromatic rings. The van der Waals surface area contributed by atoms with E-state index in [1.165, 1.54) is 12.1 Å². The lowest BCUT2D eigenvalue weighted by Gasteiger charge is -2.30. The summed E-state index contributed by atoms with van der Waals surface area (Å²) in [7, 11) is 4.06. The molecule has 0 bridgehead atoms. The van der Waals surface area contributed by atoms with Gasteiger partial charge in [0.2, 0.25) is 5.91 Å². The highest BCUT2D eigenvalue weighted by atomic mass is 35.5. The summed E-state index contributed by atoms with van der Waals surface area (Å²) < 4.78 is 13.5. The van der Waals surface area contributed by atoms with Gasteiger partial charge >= 0.3 is 0 Å². The quantitative estimate of drug-likeness (QED) is 0.313. The maximum Gasteiger partial charge on any atom is 0.273 e. The Morgan fingerprint density at radius 2 is 1.71 bits per heavy atom. The largest absolute Gasteiger partial charge is 0.382 e. The minimum Gasteiger partial charge on any atom is -0.382 e. The Labute approximate surface area is 185 Å². The lowest BCUT2D eigenvalue weighted by Crippen LogP contribution is -2.46. The van der Waals surface area contributed by atoms with E-state index in [1.54, 1.807) is 12.1 Å². The number of nitrogen functional groups attached to an aromatic ring is 2. The molecule has 1 aromatic heterocycles. The minimum atomic E-state index is -0.472. The SMILES string of the molecule is C[N+](C)(CCCNC(=O)Cc1ccc(F)cc1)CCNC(=O)c1nc(Cl)c(N)nc1N. The molecule has 0 fully saturated rings. The van der Waals surface area contributed by atoms with Crippen molar-refractivity contribution < 1.29 is 18.5 Å². The summed E-state index contributed by atoms with van der Waals surface area (Å²) in [5.74, 6) is -1.01. The molecule has 6 N–H and O–H groups in total. The molecule has 0 unspecified atom stereocenters. The molecule has 0 aliphatic rings. The second kappa shape index (κ2) is 10.9. The Kier molecular flexibility index (Phi) is 8.52. The number of nitrogens with zero attached hydrogens (tertiary/aromatic N) is 3. The van der Waals surface area contributed by atoms with Gasteiger partial charge in [-0.1, -0.05) is 23.7 Å². The lowest BCUT2D eigenvalue weighted by molar-refractivity contribution is -0.889. The molecule has 2 rings (SSSR count). The smallest absolute Gasteiger partial charge is 0.273 e. The minimum absolute atomic E-state index is 0.0294. The Morgan fingerprint density at radius 1 is 1.03 bits per heavy atom. The van der Waals surface area contributed by atoms with Crippen LogP contribution in [0, 0.1) is 5.82 Å². The third-order valence-electron chi connectivity index (χ3n) is 4.66. The van der Waals surface area contributed by atoms with E-state index in [4.69, 9.17) is 23.1 Å². The Morgan fingerprint density at radius 3 is 2.39 bits per heavy atom. The van der Waals surface area contributed by atoms with Crippen LogP contribution in [0.15, 0.2) is 24.3 Å². The van der Waals surface area contributed by atoms with Gasteiger partial charge in [-0.15, -0.1) is 0 Å². The van der Waals surface area contributed by atoms with Gasteiger partial charge in [0.15, 0.2) is 22.5 Å². The number of amides is 2. The first-order valence-electron chi connectivity index (χ1n) is 9.77. The fourth-order valence-corrected chi connectivity index (χ4v) is 2.99. The van der Waals surface area contributed by atoms with Crippen molar-refractivity contribution in [1.82, 2.24) is 20.6 Å². The second-order valence-corrected chi connectivity index (χ2v) is 8.14. The molecular weight excluding hydrogens is 425 g/mol. The normalized spacial score (nSPS) is 11.2. The molecule has 11 heteroatoms. The van der Waals surface area contributed by atoms with Gasteiger partial charge in [-0.3, -0.25) is 9.59 Å². The highest BCUT2D eigenvalue weighted by Gasteiger charge is 2.18. The lowest BCUT2D eigenvalue weighted by atomic mass is 10.1. The van der Waals surface area contributed by atoms with Crippen LogP contribution in [0.3, 0.4) is 0 Å². The van der Waals surface area contributed by atoms with Crippen LogP contribution in [0.25, 0.3) is 0 Å². The van der Waals surface area contributed by atoms with E-state index >= 15 is 0 Å². The van der Waals surface area contributed by atoms with Gasteiger partial charge < -0.3 is 26.6 Å². The van der Waals surface area contributed by atoms with Crippen molar-refractivity contribution in [2.45, 2.75) is 12.8 Å². The van der Waals surface area contributed by atoms with Crippen molar-refractivity contribution in [3.63, 3.8) is 0 Å². The summed E-state index contributed by atoms with van der Waals surface area (Å²) in [4.78, 5) is 31.9. The van der Waals surface area contributed by atoms with E-state index in [0.717, 1.165) is 18.5 Å². The Balaban J connectivity index is 1.68. The molecule has 0 spiro atoms. The molecule has 0 saturated carbocycles. The third-order valence-corrected chi connectivity index (χ3v) is 4.94. The molecule has 0 saturated heterocycles. The monoisotopic (exact) mass is 452 g/mol. The van der Waals surface area contributed by atoms with Gasteiger partial charge in [0.1, 0.15) is 5.82 Å². The average Bonchev–Trinajstić information content (AvgIpc) is 2.69. The molecule has 0 atom stereocenters. The second-order valence-electron chi connectivity index (χ2n) is 7.78. The number of quaternary nitrogens is 1. The van der Waals surface area contributed by atoms with E-state index in [-0.39, 0.29) is 40.6 Å². The van der Waals surface area contributed by atoms with Crippen LogP contribution in [-0.2, 0) is 11.2 Å². The fourth-order valence-electron chi connectivity index (χ4n) is 2.86. The summed E-state index contributed by atoms with van der Waals surface area (Å²) in [6, 6.07) is 5.87. The summed E-state index contributed by atoms with van der Waals surface area (Å²) in [5.41, 5.74) is 11.9. The van der Waals surface area contributed by atoms with Crippen molar-refractivity contribution in [1.29, 1.82) is 0 Å². The number of hydrogen-bond donors (Lipinski definition) is 4. The first kappa shape index (κ1) is 24.3. The van der Waals surface area contributed by atoms with Gasteiger partial charge in [0, 0.05) is 13.0 Å². The van der Waals surface area contributed by atoms with Crippen LogP contribution in [0.4, 0.5) is 16.0 Å². The van der Waals surface area contributed by atoms with Gasteiger partial charge in [-0.25, -0.2) is 14.4 Å². The molecule has 9 nitrogen and oxygen atoms in total. The molecule has 31 heavy (non-hydrogen) atoms. The molecule has 0 radical (unpaired) electrons. The highest BCUT2D eigenvalue weighted by molar-refractivity contribution is 6.31. The standard InChI is InChI=1S/C20H27ClFN7O2/c1-29(2,10-3-8-25-15(30)12-13-4-6-14(22)7-5-13)11-9-26-20(31)16-18(23)28-19(24)17(21)27-16/h4-7H,3,8-12H2,1-2H3,(H5-,23,24,25,26,28,30,31)/p+1. The summed E-state index contributed by atoms with van der Waals surface area (Å²) in [6.07, 6.45) is 0.980. The zero-order chi connectivity index (χ0) is 23.0. The summed E-state index contributed by atoms with van der Waals surface area (Å²) in [6.45, 7) is 2.38. The van der Waals surface area contributed by atoms with Gasteiger partial charge in [-0.2, -0.15) is 0 Å². The molecular formula is C20H28ClFN7O2+. The van der Waals surface area contributed by atoms with Gasteiger partial charge in [0.25, 0.3) is 5.91 Å². The number of halogens is 2. The van der Waals surface area contributed by atoms with Crippen LogP contribution in [0.2, 0.25) is 5.15 Å². The molecule has 0 aliphatic heterocycles. The number of nitrogens with two attached hydrogens (primary N) is 2. The third kappa shape index (κ3) is 7.99. The van der Waals surface area contributed by atoms with E-state index in [0.29, 0.717) is 24.1 Å². The first-order valence-corrected chi connectivity index (χ1v) is 10.1. The number of anilines is 2. The Bertz CT molecular complexity index is 922. The predicted molar refractivity (Wildman–Crippen MR) is 118 cm³/mol. The van der Waals surface area contributed by atoms with Crippen LogP contribution in [0.5, 0.6) is 0 Å². The maximum absolute atomic E-state index is 12.9. The van der Waals surface area contributed by atoms with Gasteiger partial charge in [0.05, 0.1) is 40.2 Å². The van der Waals surface area contributed by atoms with Crippen LogP contribution < -0.4 is 22.1 Å². The molecule has 0 aliphatic carbocycles. The number of hydrogen-bond acceptors (Lipinski definition) is 6. The molecule has 1 heterocycles. The van der Waals surface area contributed by atoms with E-state index in [9.17, 15) is 14.0 Å². The first-order chi connectivity index (χ1) is 14.6. The highest BCUT2D eigenvalue weighted by Crippen LogP contribution is 2.17. The zero-order valence-corrected chi connectivity index (χ0v) is 18.4. The number of benzene rings is 1. The molecule has 1 aromatic carbocycles. The summed E-state index contributed by atoms with van der Waals surface area (Å²) in [5, 5.41) is 5.54. The number of aromatic nitrogens is 2. The number of rotatable bonds is 10. The van der Waals surface area contributed by atoms with Crippen LogP contribution in [0.1, 0.15) is 22.5 Å². The topological polar surface area (TPSA) is 136 Å². The maximum atomic E-state index is 12.9. The fraction of sp³-hybridized carbons (Fsp3) is 0.400. The van der Waals surface area contributed by atoms with E-state index < -0.39 is 5.91 Å². The number of nitrogens with one attached hydrogen (secondary N) is 2. The number of carbonyl (C=O) groups excluding carboxylic acids is 2. The van der Waals surface area contributed by atoms with Crippen molar-refractivity contribution >= 4 is 35.1 Å². The Hall–Kier alpha value is -2.98. The van der Waals surface area contributed by atoms with E-state index in [2.05, 4.69) is 20.6 Å². The number of likely N-dealkylation sites (N-methyl/N-ethyl adjacent to an activating group) is 1. The van der Waals surface area contributed by atoms with Crippen molar-refractivity contribution in [3.05, 3.63) is 46.5 Å². The van der Waals surface area contributed by atoms with Crippen LogP contribution in [-0.4, -0.2) is 66.5 Å². The summed E-state index contributed by atoms with van der Waals surface area (Å²) >= 11 is 5.80.